The van der Waals surface area contributed by atoms with Gasteiger partial charge < -0.3 is 4.74 Å². The SMILES string of the molecule is CCC(CF)CC(OC1CC2CCC1C2)(C(F)(F)F)C(F)(F)CC(C)(F)F. The summed E-state index contributed by atoms with van der Waals surface area (Å²) in [6.07, 6.45) is -8.34. The standard InChI is InChI=1S/C18H26F8O/c1-3-11(9-19)8-16(18(24,25)26,17(22,23)10-15(2,20)21)27-14-7-12-4-5-13(14)6-12/h11-14H,3-10H2,1-2H3. The molecule has 2 fully saturated rings. The van der Waals surface area contributed by atoms with Crippen molar-refractivity contribution in [2.45, 2.75) is 88.5 Å². The first-order valence-electron chi connectivity index (χ1n) is 9.31. The largest absolute Gasteiger partial charge is 0.423 e. The molecular formula is C18H26F8O. The second-order valence-corrected chi connectivity index (χ2v) is 8.24. The highest BCUT2D eigenvalue weighted by Gasteiger charge is 2.73. The predicted molar refractivity (Wildman–Crippen MR) is 83.7 cm³/mol. The summed E-state index contributed by atoms with van der Waals surface area (Å²) in [4.78, 5) is 0. The topological polar surface area (TPSA) is 9.23 Å². The summed E-state index contributed by atoms with van der Waals surface area (Å²) in [5, 5.41) is 0. The predicted octanol–water partition coefficient (Wildman–Crippen LogP) is 6.56. The molecule has 5 unspecified atom stereocenters. The van der Waals surface area contributed by atoms with E-state index in [1.807, 2.05) is 0 Å². The Morgan fingerprint density at radius 2 is 1.63 bits per heavy atom. The Kier molecular flexibility index (Phi) is 6.45. The van der Waals surface area contributed by atoms with Crippen molar-refractivity contribution in [1.29, 1.82) is 0 Å². The van der Waals surface area contributed by atoms with Crippen molar-refractivity contribution in [2.24, 2.45) is 17.8 Å². The number of hydrogen-bond donors (Lipinski definition) is 0. The summed E-state index contributed by atoms with van der Waals surface area (Å²) in [6, 6.07) is 0. The molecule has 2 saturated carbocycles. The van der Waals surface area contributed by atoms with Gasteiger partial charge in [-0.25, -0.2) is 17.6 Å². The van der Waals surface area contributed by atoms with Gasteiger partial charge in [0.25, 0.3) is 11.8 Å². The molecule has 160 valence electrons. The van der Waals surface area contributed by atoms with Crippen LogP contribution in [0.15, 0.2) is 0 Å². The van der Waals surface area contributed by atoms with E-state index in [1.54, 1.807) is 0 Å². The molecule has 2 aliphatic rings. The molecule has 0 radical (unpaired) electrons. The van der Waals surface area contributed by atoms with Gasteiger partial charge in [-0.3, -0.25) is 4.39 Å². The zero-order chi connectivity index (χ0) is 20.7. The molecule has 2 rings (SSSR count). The molecule has 0 N–H and O–H groups in total. The third-order valence-corrected chi connectivity index (χ3v) is 5.98. The molecule has 0 amide bonds. The smallest absolute Gasteiger partial charge is 0.357 e. The molecule has 0 heterocycles. The van der Waals surface area contributed by atoms with Crippen LogP contribution in [0.2, 0.25) is 0 Å². The quantitative estimate of drug-likeness (QED) is 0.391. The van der Waals surface area contributed by atoms with Gasteiger partial charge in [0.15, 0.2) is 0 Å². The van der Waals surface area contributed by atoms with E-state index in [4.69, 9.17) is 4.74 Å². The first-order chi connectivity index (χ1) is 12.2. The molecule has 0 spiro atoms. The van der Waals surface area contributed by atoms with Gasteiger partial charge in [0.2, 0.25) is 5.60 Å². The monoisotopic (exact) mass is 410 g/mol. The number of fused-ring (bicyclic) bond motifs is 2. The molecule has 0 aliphatic heterocycles. The van der Waals surface area contributed by atoms with Crippen LogP contribution in [-0.2, 0) is 4.74 Å². The van der Waals surface area contributed by atoms with Crippen LogP contribution in [-0.4, -0.2) is 36.4 Å². The van der Waals surface area contributed by atoms with Crippen molar-refractivity contribution >= 4 is 0 Å². The fourth-order valence-corrected chi connectivity index (χ4v) is 4.51. The van der Waals surface area contributed by atoms with E-state index in [2.05, 4.69) is 0 Å². The molecule has 2 aliphatic carbocycles. The molecule has 0 aromatic heterocycles. The molecule has 0 aromatic carbocycles. The Labute approximate surface area is 153 Å². The second-order valence-electron chi connectivity index (χ2n) is 8.24. The van der Waals surface area contributed by atoms with Gasteiger partial charge in [-0.2, -0.15) is 13.2 Å². The third-order valence-electron chi connectivity index (χ3n) is 5.98. The Morgan fingerprint density at radius 1 is 1.00 bits per heavy atom. The maximum atomic E-state index is 14.8. The molecule has 5 atom stereocenters. The van der Waals surface area contributed by atoms with Crippen LogP contribution in [0.5, 0.6) is 0 Å². The van der Waals surface area contributed by atoms with E-state index >= 15 is 0 Å². The first-order valence-corrected chi connectivity index (χ1v) is 9.31. The Bertz CT molecular complexity index is 497. The molecule has 27 heavy (non-hydrogen) atoms. The zero-order valence-corrected chi connectivity index (χ0v) is 15.4. The van der Waals surface area contributed by atoms with Crippen molar-refractivity contribution in [3.8, 4) is 0 Å². The summed E-state index contributed by atoms with van der Waals surface area (Å²) in [6.45, 7) is 0.258. The van der Waals surface area contributed by atoms with E-state index in [0.29, 0.717) is 12.8 Å². The van der Waals surface area contributed by atoms with Crippen molar-refractivity contribution in [2.75, 3.05) is 6.67 Å². The minimum Gasteiger partial charge on any atom is -0.357 e. The Hall–Kier alpha value is -0.600. The van der Waals surface area contributed by atoms with Crippen LogP contribution >= 0.6 is 0 Å². The lowest BCUT2D eigenvalue weighted by atomic mass is 9.80. The van der Waals surface area contributed by atoms with Crippen molar-refractivity contribution < 1.29 is 39.9 Å². The third kappa shape index (κ3) is 4.70. The van der Waals surface area contributed by atoms with Gasteiger partial charge in [-0.1, -0.05) is 13.3 Å². The molecule has 1 nitrogen and oxygen atoms in total. The number of ether oxygens (including phenoxy) is 1. The number of alkyl halides is 8. The summed E-state index contributed by atoms with van der Waals surface area (Å²) < 4.78 is 117. The van der Waals surface area contributed by atoms with E-state index in [1.165, 1.54) is 6.92 Å². The van der Waals surface area contributed by atoms with Gasteiger partial charge in [0.05, 0.1) is 19.2 Å². The molecule has 0 aromatic rings. The fourth-order valence-electron chi connectivity index (χ4n) is 4.51. The lowest BCUT2D eigenvalue weighted by Crippen LogP contribution is -2.64. The van der Waals surface area contributed by atoms with Crippen molar-refractivity contribution in [3.05, 3.63) is 0 Å². The van der Waals surface area contributed by atoms with Gasteiger partial charge in [-0.05, 0) is 56.8 Å². The van der Waals surface area contributed by atoms with E-state index in [0.717, 1.165) is 6.42 Å². The average Bonchev–Trinajstić information content (AvgIpc) is 3.10. The van der Waals surface area contributed by atoms with Crippen LogP contribution in [0.25, 0.3) is 0 Å². The van der Waals surface area contributed by atoms with Crippen LogP contribution in [0, 0.1) is 17.8 Å². The van der Waals surface area contributed by atoms with Crippen LogP contribution in [0.1, 0.15) is 58.8 Å². The molecule has 9 heteroatoms. The van der Waals surface area contributed by atoms with Gasteiger partial charge >= 0.3 is 6.18 Å². The molecule has 2 bridgehead atoms. The Morgan fingerprint density at radius 3 is 2.00 bits per heavy atom. The highest BCUT2D eigenvalue weighted by molar-refractivity contribution is 5.06. The van der Waals surface area contributed by atoms with E-state index < -0.39 is 55.2 Å². The maximum absolute atomic E-state index is 14.8. The maximum Gasteiger partial charge on any atom is 0.423 e. The lowest BCUT2D eigenvalue weighted by Gasteiger charge is -2.46. The van der Waals surface area contributed by atoms with Crippen LogP contribution < -0.4 is 0 Å². The van der Waals surface area contributed by atoms with E-state index in [-0.39, 0.29) is 31.6 Å². The number of hydrogen-bond acceptors (Lipinski definition) is 1. The fraction of sp³-hybridized carbons (Fsp3) is 1.00. The van der Waals surface area contributed by atoms with Gasteiger partial charge in [0, 0.05) is 0 Å². The van der Waals surface area contributed by atoms with Crippen molar-refractivity contribution in [3.63, 3.8) is 0 Å². The number of halogens is 8. The van der Waals surface area contributed by atoms with Crippen LogP contribution in [0.3, 0.4) is 0 Å². The first kappa shape index (κ1) is 22.7. The van der Waals surface area contributed by atoms with Gasteiger partial charge in [0.1, 0.15) is 0 Å². The number of rotatable bonds is 9. The van der Waals surface area contributed by atoms with Gasteiger partial charge in [-0.15, -0.1) is 0 Å². The Balaban J connectivity index is 2.45. The minimum absolute atomic E-state index is 0.107. The molecule has 0 saturated heterocycles. The summed E-state index contributed by atoms with van der Waals surface area (Å²) in [5.74, 6) is -10.5. The van der Waals surface area contributed by atoms with Crippen LogP contribution in [0.4, 0.5) is 35.1 Å². The summed E-state index contributed by atoms with van der Waals surface area (Å²) >= 11 is 0. The van der Waals surface area contributed by atoms with Crippen molar-refractivity contribution in [1.82, 2.24) is 0 Å². The molecular weight excluding hydrogens is 384 g/mol. The summed E-state index contributed by atoms with van der Waals surface area (Å²) in [7, 11) is 0. The second kappa shape index (κ2) is 7.67. The lowest BCUT2D eigenvalue weighted by molar-refractivity contribution is -0.373. The minimum atomic E-state index is -5.62. The summed E-state index contributed by atoms with van der Waals surface area (Å²) in [5.41, 5.74) is -4.12. The highest BCUT2D eigenvalue weighted by Crippen LogP contribution is 2.56. The average molecular weight is 410 g/mol. The normalized spacial score (nSPS) is 29.8. The van der Waals surface area contributed by atoms with E-state index in [9.17, 15) is 35.1 Å². The highest BCUT2D eigenvalue weighted by atomic mass is 19.4. The zero-order valence-electron chi connectivity index (χ0n) is 15.4.